The van der Waals surface area contributed by atoms with Gasteiger partial charge in [-0.25, -0.2) is 18.4 Å². The maximum atomic E-state index is 12.8. The van der Waals surface area contributed by atoms with Gasteiger partial charge in [-0.3, -0.25) is 4.79 Å². The Balaban J connectivity index is 1.31. The quantitative estimate of drug-likeness (QED) is 0.583. The number of piperazine rings is 1. The van der Waals surface area contributed by atoms with E-state index in [1.54, 1.807) is 18.2 Å². The first kappa shape index (κ1) is 20.4. The molecule has 170 valence electrons. The molecule has 0 radical (unpaired) electrons. The summed E-state index contributed by atoms with van der Waals surface area (Å²) in [5, 5.41) is 10.9. The standard InChI is InChI=1S/C22H23N7O3S/c23-12-22(5-6-22)27-33(31,32)15-3-4-16-17(11-15)26-19-18(16)20(25-13-24-19)28-7-9-29(10-8-28)21(30)14-1-2-14/h3-4,11,13-14,27H,1-2,5-10H2,(H,24,25,26). The summed E-state index contributed by atoms with van der Waals surface area (Å²) in [6.07, 6.45) is 4.56. The molecule has 1 amide bonds. The van der Waals surface area contributed by atoms with Crippen molar-refractivity contribution in [2.24, 2.45) is 5.92 Å². The van der Waals surface area contributed by atoms with Crippen molar-refractivity contribution in [1.82, 2.24) is 24.6 Å². The number of carbonyl (C=O) groups excluding carboxylic acids is 1. The second-order valence-electron chi connectivity index (χ2n) is 9.14. The van der Waals surface area contributed by atoms with Crippen LogP contribution in [0, 0.1) is 17.2 Å². The summed E-state index contributed by atoms with van der Waals surface area (Å²) >= 11 is 0. The number of H-pyrrole nitrogens is 1. The molecule has 3 aromatic rings. The van der Waals surface area contributed by atoms with E-state index < -0.39 is 15.6 Å². The molecule has 0 spiro atoms. The second kappa shape index (κ2) is 7.13. The molecule has 2 saturated carbocycles. The molecule has 3 heterocycles. The van der Waals surface area contributed by atoms with Crippen molar-refractivity contribution in [2.45, 2.75) is 36.1 Å². The van der Waals surface area contributed by atoms with Crippen molar-refractivity contribution in [1.29, 1.82) is 5.26 Å². The molecule has 1 aromatic carbocycles. The summed E-state index contributed by atoms with van der Waals surface area (Å²) in [6, 6.07) is 6.93. The van der Waals surface area contributed by atoms with E-state index in [0.29, 0.717) is 50.2 Å². The van der Waals surface area contributed by atoms with Crippen LogP contribution in [0.25, 0.3) is 21.9 Å². The van der Waals surface area contributed by atoms with Gasteiger partial charge in [0.15, 0.2) is 0 Å². The lowest BCUT2D eigenvalue weighted by atomic mass is 10.2. The largest absolute Gasteiger partial charge is 0.352 e. The zero-order chi connectivity index (χ0) is 22.8. The van der Waals surface area contributed by atoms with Crippen LogP contribution in [0.1, 0.15) is 25.7 Å². The summed E-state index contributed by atoms with van der Waals surface area (Å²) in [5.74, 6) is 1.26. The van der Waals surface area contributed by atoms with Crippen molar-refractivity contribution in [3.05, 3.63) is 24.5 Å². The Morgan fingerprint density at radius 1 is 1.18 bits per heavy atom. The van der Waals surface area contributed by atoms with Gasteiger partial charge in [0.1, 0.15) is 23.3 Å². The van der Waals surface area contributed by atoms with Crippen molar-refractivity contribution >= 4 is 43.7 Å². The fourth-order valence-electron chi connectivity index (χ4n) is 4.50. The minimum atomic E-state index is -3.82. The van der Waals surface area contributed by atoms with Crippen molar-refractivity contribution in [3.63, 3.8) is 0 Å². The van der Waals surface area contributed by atoms with Crippen LogP contribution in [0.4, 0.5) is 5.82 Å². The Kier molecular flexibility index (Phi) is 4.41. The molecule has 1 saturated heterocycles. The molecule has 2 aliphatic carbocycles. The Morgan fingerprint density at radius 3 is 2.61 bits per heavy atom. The first-order valence-corrected chi connectivity index (χ1v) is 12.6. The average Bonchev–Trinajstić information content (AvgIpc) is 3.75. The number of nitrogens with one attached hydrogen (secondary N) is 2. The van der Waals surface area contributed by atoms with Crippen LogP contribution in [-0.4, -0.2) is 65.9 Å². The fraction of sp³-hybridized carbons (Fsp3) is 0.455. The smallest absolute Gasteiger partial charge is 0.242 e. The lowest BCUT2D eigenvalue weighted by Crippen LogP contribution is -2.49. The first-order chi connectivity index (χ1) is 15.9. The number of nitriles is 1. The van der Waals surface area contributed by atoms with Crippen LogP contribution in [0.5, 0.6) is 0 Å². The molecular formula is C22H23N7O3S. The van der Waals surface area contributed by atoms with Gasteiger partial charge in [-0.2, -0.15) is 9.98 Å². The van der Waals surface area contributed by atoms with Crippen molar-refractivity contribution in [2.75, 3.05) is 31.1 Å². The molecule has 33 heavy (non-hydrogen) atoms. The predicted molar refractivity (Wildman–Crippen MR) is 121 cm³/mol. The number of carbonyl (C=O) groups is 1. The van der Waals surface area contributed by atoms with Crippen LogP contribution in [0.3, 0.4) is 0 Å². The number of aromatic amines is 1. The predicted octanol–water partition coefficient (Wildman–Crippen LogP) is 1.50. The van der Waals surface area contributed by atoms with Crippen molar-refractivity contribution in [3.8, 4) is 6.07 Å². The van der Waals surface area contributed by atoms with Gasteiger partial charge in [-0.1, -0.05) is 6.07 Å². The van der Waals surface area contributed by atoms with Crippen LogP contribution >= 0.6 is 0 Å². The lowest BCUT2D eigenvalue weighted by molar-refractivity contribution is -0.132. The normalized spacial score (nSPS) is 20.2. The SMILES string of the molecule is N#CC1(NS(=O)(=O)c2ccc3c(c2)[nH]c2ncnc(N4CCN(C(=O)C5CC5)CC4)c23)CC1. The van der Waals surface area contributed by atoms with E-state index in [1.165, 1.54) is 6.33 Å². The van der Waals surface area contributed by atoms with Gasteiger partial charge in [-0.05, 0) is 37.8 Å². The van der Waals surface area contributed by atoms with Crippen molar-refractivity contribution < 1.29 is 13.2 Å². The Hall–Kier alpha value is -3.23. The highest BCUT2D eigenvalue weighted by atomic mass is 32.2. The van der Waals surface area contributed by atoms with E-state index in [9.17, 15) is 18.5 Å². The topological polar surface area (TPSA) is 135 Å². The lowest BCUT2D eigenvalue weighted by Gasteiger charge is -2.35. The summed E-state index contributed by atoms with van der Waals surface area (Å²) < 4.78 is 28.2. The number of rotatable bonds is 5. The molecule has 6 rings (SSSR count). The van der Waals surface area contributed by atoms with E-state index in [0.717, 1.165) is 29.4 Å². The average molecular weight is 466 g/mol. The number of sulfonamides is 1. The maximum absolute atomic E-state index is 12.8. The van der Waals surface area contributed by atoms with Gasteiger partial charge in [0.25, 0.3) is 0 Å². The maximum Gasteiger partial charge on any atom is 0.242 e. The number of hydrogen-bond acceptors (Lipinski definition) is 7. The highest BCUT2D eigenvalue weighted by Gasteiger charge is 2.46. The Morgan fingerprint density at radius 2 is 1.94 bits per heavy atom. The van der Waals surface area contributed by atoms with Crippen LogP contribution < -0.4 is 9.62 Å². The monoisotopic (exact) mass is 465 g/mol. The summed E-state index contributed by atoms with van der Waals surface area (Å²) in [6.45, 7) is 2.70. The number of nitrogens with zero attached hydrogens (tertiary/aromatic N) is 5. The molecule has 1 aliphatic heterocycles. The Bertz CT molecular complexity index is 1430. The van der Waals surface area contributed by atoms with Gasteiger partial charge in [0, 0.05) is 43.0 Å². The van der Waals surface area contributed by atoms with Gasteiger partial charge in [-0.15, -0.1) is 0 Å². The van der Waals surface area contributed by atoms with Crippen LogP contribution in [-0.2, 0) is 14.8 Å². The van der Waals surface area contributed by atoms with Gasteiger partial charge in [0.2, 0.25) is 15.9 Å². The number of fused-ring (bicyclic) bond motifs is 3. The third kappa shape index (κ3) is 3.50. The van der Waals surface area contributed by atoms with E-state index in [2.05, 4.69) is 30.6 Å². The molecular weight excluding hydrogens is 442 g/mol. The van der Waals surface area contributed by atoms with Crippen LogP contribution in [0.2, 0.25) is 0 Å². The highest BCUT2D eigenvalue weighted by Crippen LogP contribution is 2.37. The van der Waals surface area contributed by atoms with Gasteiger partial charge < -0.3 is 14.8 Å². The molecule has 0 atom stereocenters. The zero-order valence-electron chi connectivity index (χ0n) is 17.9. The molecule has 11 heteroatoms. The minimum absolute atomic E-state index is 0.102. The molecule has 3 aliphatic rings. The van der Waals surface area contributed by atoms with E-state index in [4.69, 9.17) is 0 Å². The molecule has 0 bridgehead atoms. The number of hydrogen-bond donors (Lipinski definition) is 2. The first-order valence-electron chi connectivity index (χ1n) is 11.1. The molecule has 10 nitrogen and oxygen atoms in total. The summed E-state index contributed by atoms with van der Waals surface area (Å²) in [5.41, 5.74) is 0.291. The zero-order valence-corrected chi connectivity index (χ0v) is 18.7. The highest BCUT2D eigenvalue weighted by molar-refractivity contribution is 7.89. The van der Waals surface area contributed by atoms with Gasteiger partial charge >= 0.3 is 0 Å². The number of benzene rings is 1. The van der Waals surface area contributed by atoms with Crippen LogP contribution in [0.15, 0.2) is 29.4 Å². The summed E-state index contributed by atoms with van der Waals surface area (Å²) in [7, 11) is -3.82. The fourth-order valence-corrected chi connectivity index (χ4v) is 5.91. The molecule has 2 N–H and O–H groups in total. The van der Waals surface area contributed by atoms with Gasteiger partial charge in [0.05, 0.1) is 16.4 Å². The molecule has 2 aromatic heterocycles. The molecule has 0 unspecified atom stereocenters. The number of amides is 1. The number of anilines is 1. The van der Waals surface area contributed by atoms with E-state index in [1.807, 2.05) is 4.90 Å². The van der Waals surface area contributed by atoms with E-state index >= 15 is 0 Å². The third-order valence-electron chi connectivity index (χ3n) is 6.76. The molecule has 3 fully saturated rings. The second-order valence-corrected chi connectivity index (χ2v) is 10.8. The Labute approximate surface area is 190 Å². The number of aromatic nitrogens is 3. The third-order valence-corrected chi connectivity index (χ3v) is 8.30. The summed E-state index contributed by atoms with van der Waals surface area (Å²) in [4.78, 5) is 28.7. The minimum Gasteiger partial charge on any atom is -0.352 e. The van der Waals surface area contributed by atoms with E-state index in [-0.39, 0.29) is 16.7 Å².